The topological polar surface area (TPSA) is 77.1 Å². The van der Waals surface area contributed by atoms with Crippen molar-refractivity contribution in [1.82, 2.24) is 10.2 Å². The van der Waals surface area contributed by atoms with Gasteiger partial charge in [0.25, 0.3) is 0 Å². The number of methoxy groups -OCH3 is 1. The summed E-state index contributed by atoms with van der Waals surface area (Å²) in [5.41, 5.74) is 0.140. The molecule has 0 saturated carbocycles. The van der Waals surface area contributed by atoms with Gasteiger partial charge < -0.3 is 24.4 Å². The van der Waals surface area contributed by atoms with E-state index in [0.717, 1.165) is 19.3 Å². The Bertz CT molecular complexity index is 707. The van der Waals surface area contributed by atoms with E-state index in [4.69, 9.17) is 9.47 Å². The van der Waals surface area contributed by atoms with E-state index in [1.807, 2.05) is 26.8 Å². The molecule has 1 aliphatic rings. The molecule has 1 fully saturated rings. The van der Waals surface area contributed by atoms with Gasteiger partial charge in [0.05, 0.1) is 19.8 Å². The lowest BCUT2D eigenvalue weighted by atomic mass is 9.91. The summed E-state index contributed by atoms with van der Waals surface area (Å²) < 4.78 is 30.1. The number of hydrogen-bond donors (Lipinski definition) is 1. The van der Waals surface area contributed by atoms with Crippen molar-refractivity contribution >= 4 is 12.2 Å². The van der Waals surface area contributed by atoms with Crippen LogP contribution in [0.15, 0.2) is 24.3 Å². The molecule has 0 unspecified atom stereocenters. The van der Waals surface area contributed by atoms with Gasteiger partial charge in [-0.1, -0.05) is 18.6 Å². The van der Waals surface area contributed by atoms with E-state index in [-0.39, 0.29) is 31.0 Å². The molecular formula is C22H33FN2O5. The second-order valence-electron chi connectivity index (χ2n) is 8.45. The maximum absolute atomic E-state index is 13.9. The molecule has 0 bridgehead atoms. The Morgan fingerprint density at radius 2 is 2.07 bits per heavy atom. The molecule has 1 aliphatic heterocycles. The molecule has 2 rings (SSSR count). The normalized spacial score (nSPS) is 18.3. The van der Waals surface area contributed by atoms with Gasteiger partial charge in [-0.25, -0.2) is 14.0 Å². The largest absolute Gasteiger partial charge is 0.453 e. The number of rotatable bonds is 6. The van der Waals surface area contributed by atoms with E-state index in [9.17, 15) is 14.0 Å². The average Bonchev–Trinajstić information content (AvgIpc) is 2.92. The molecule has 0 aliphatic carbocycles. The Hall–Kier alpha value is -2.35. The lowest BCUT2D eigenvalue weighted by Crippen LogP contribution is -2.40. The van der Waals surface area contributed by atoms with E-state index >= 15 is 0 Å². The minimum Gasteiger partial charge on any atom is -0.453 e. The van der Waals surface area contributed by atoms with Crippen molar-refractivity contribution in [2.24, 2.45) is 5.92 Å². The number of carbonyl (C=O) groups excluding carboxylic acids is 2. The van der Waals surface area contributed by atoms with Crippen molar-refractivity contribution in [3.05, 3.63) is 35.6 Å². The second-order valence-corrected chi connectivity index (χ2v) is 8.45. The molecule has 1 saturated heterocycles. The molecule has 1 heterocycles. The molecular weight excluding hydrogens is 391 g/mol. The maximum atomic E-state index is 13.9. The van der Waals surface area contributed by atoms with Crippen LogP contribution in [0, 0.1) is 11.7 Å². The van der Waals surface area contributed by atoms with Crippen molar-refractivity contribution in [3.63, 3.8) is 0 Å². The number of halogens is 1. The first-order chi connectivity index (χ1) is 14.2. The van der Waals surface area contributed by atoms with E-state index < -0.39 is 17.8 Å². The van der Waals surface area contributed by atoms with Crippen LogP contribution in [0.25, 0.3) is 0 Å². The fourth-order valence-corrected chi connectivity index (χ4v) is 3.51. The molecule has 2 atom stereocenters. The van der Waals surface area contributed by atoms with Crippen LogP contribution in [0.4, 0.5) is 14.0 Å². The van der Waals surface area contributed by atoms with E-state index in [1.54, 1.807) is 11.0 Å². The minimum absolute atomic E-state index is 0.0278. The number of amides is 2. The third-order valence-corrected chi connectivity index (χ3v) is 4.82. The second kappa shape index (κ2) is 11.2. The highest BCUT2D eigenvalue weighted by atomic mass is 19.1. The first-order valence-electron chi connectivity index (χ1n) is 10.4. The summed E-state index contributed by atoms with van der Waals surface area (Å²) in [4.78, 5) is 25.6. The van der Waals surface area contributed by atoms with Crippen molar-refractivity contribution < 1.29 is 28.2 Å². The average molecular weight is 425 g/mol. The van der Waals surface area contributed by atoms with Gasteiger partial charge in [0.2, 0.25) is 0 Å². The quantitative estimate of drug-likeness (QED) is 0.690. The third-order valence-electron chi connectivity index (χ3n) is 4.82. The van der Waals surface area contributed by atoms with Crippen LogP contribution >= 0.6 is 0 Å². The molecule has 0 radical (unpaired) electrons. The molecule has 168 valence electrons. The summed E-state index contributed by atoms with van der Waals surface area (Å²) in [5, 5.41) is 2.57. The van der Waals surface area contributed by atoms with Gasteiger partial charge in [-0.05, 0) is 51.3 Å². The number of alkyl carbamates (subject to hydrolysis) is 1. The Kier molecular flexibility index (Phi) is 8.89. The van der Waals surface area contributed by atoms with Crippen LogP contribution in [0.3, 0.4) is 0 Å². The predicted octanol–water partition coefficient (Wildman–Crippen LogP) is 4.28. The van der Waals surface area contributed by atoms with Crippen LogP contribution in [-0.2, 0) is 14.2 Å². The zero-order valence-corrected chi connectivity index (χ0v) is 18.3. The Morgan fingerprint density at radius 3 is 2.73 bits per heavy atom. The van der Waals surface area contributed by atoms with Gasteiger partial charge >= 0.3 is 12.2 Å². The molecule has 1 aromatic rings. The predicted molar refractivity (Wildman–Crippen MR) is 111 cm³/mol. The number of benzene rings is 1. The highest BCUT2D eigenvalue weighted by Gasteiger charge is 2.32. The van der Waals surface area contributed by atoms with Crippen LogP contribution in [-0.4, -0.2) is 56.0 Å². The van der Waals surface area contributed by atoms with E-state index in [0.29, 0.717) is 18.7 Å². The first-order valence-corrected chi connectivity index (χ1v) is 10.4. The first kappa shape index (κ1) is 23.9. The van der Waals surface area contributed by atoms with Crippen LogP contribution < -0.4 is 5.32 Å². The highest BCUT2D eigenvalue weighted by Crippen LogP contribution is 2.33. The molecule has 8 heteroatoms. The molecule has 0 spiro atoms. The highest BCUT2D eigenvalue weighted by molar-refractivity contribution is 5.68. The van der Waals surface area contributed by atoms with Crippen molar-refractivity contribution in [1.29, 1.82) is 0 Å². The number of ether oxygens (including phenoxy) is 3. The third kappa shape index (κ3) is 7.82. The Labute approximate surface area is 177 Å². The zero-order valence-electron chi connectivity index (χ0n) is 18.3. The molecule has 7 nitrogen and oxygen atoms in total. The summed E-state index contributed by atoms with van der Waals surface area (Å²) in [6.07, 6.45) is 1.34. The monoisotopic (exact) mass is 424 g/mol. The lowest BCUT2D eigenvalue weighted by molar-refractivity contribution is -0.00833. The summed E-state index contributed by atoms with van der Waals surface area (Å²) in [6, 6.07) is 6.32. The van der Waals surface area contributed by atoms with Crippen LogP contribution in [0.5, 0.6) is 0 Å². The Morgan fingerprint density at radius 1 is 1.30 bits per heavy atom. The summed E-state index contributed by atoms with van der Waals surface area (Å²) in [6.45, 7) is 7.10. The molecule has 1 N–H and O–H groups in total. The summed E-state index contributed by atoms with van der Waals surface area (Å²) in [5.74, 6) is -0.369. The number of nitrogens with one attached hydrogen (secondary N) is 1. The fourth-order valence-electron chi connectivity index (χ4n) is 3.51. The van der Waals surface area contributed by atoms with Gasteiger partial charge in [-0.2, -0.15) is 0 Å². The van der Waals surface area contributed by atoms with Gasteiger partial charge in [0.15, 0.2) is 0 Å². The Balaban J connectivity index is 2.14. The van der Waals surface area contributed by atoms with Gasteiger partial charge in [-0.3, -0.25) is 0 Å². The lowest BCUT2D eigenvalue weighted by Gasteiger charge is -2.32. The smallest absolute Gasteiger partial charge is 0.410 e. The van der Waals surface area contributed by atoms with E-state index in [1.165, 1.54) is 19.2 Å². The SMILES string of the molecule is COC(=O)NCCO[C@@H](c1cccc(F)c1)[C@@H]1CCCCN(C(=O)OC(C)(C)C)C1. The fraction of sp³-hybridized carbons (Fsp3) is 0.636. The molecule has 2 amide bonds. The minimum atomic E-state index is -0.573. The van der Waals surface area contributed by atoms with Crippen LogP contribution in [0.1, 0.15) is 51.7 Å². The van der Waals surface area contributed by atoms with Gasteiger partial charge in [0, 0.05) is 25.6 Å². The number of carbonyl (C=O) groups is 2. The number of likely N-dealkylation sites (tertiary alicyclic amines) is 1. The standard InChI is InChI=1S/C22H33FN2O5/c1-22(2,3)30-21(27)25-12-6-5-8-17(15-25)19(16-9-7-10-18(23)14-16)29-13-11-24-20(26)28-4/h7,9-10,14,17,19H,5-6,8,11-13,15H2,1-4H3,(H,24,26)/t17-,19+/m1/s1. The summed E-state index contributed by atoms with van der Waals surface area (Å²) >= 11 is 0. The van der Waals surface area contributed by atoms with Crippen molar-refractivity contribution in [2.75, 3.05) is 33.4 Å². The number of hydrogen-bond acceptors (Lipinski definition) is 5. The van der Waals surface area contributed by atoms with Gasteiger partial charge in [-0.15, -0.1) is 0 Å². The molecule has 30 heavy (non-hydrogen) atoms. The molecule has 1 aromatic carbocycles. The van der Waals surface area contributed by atoms with Gasteiger partial charge in [0.1, 0.15) is 11.4 Å². The summed E-state index contributed by atoms with van der Waals surface area (Å²) in [7, 11) is 1.29. The van der Waals surface area contributed by atoms with Crippen molar-refractivity contribution in [3.8, 4) is 0 Å². The maximum Gasteiger partial charge on any atom is 0.410 e. The zero-order chi connectivity index (χ0) is 22.1. The van der Waals surface area contributed by atoms with E-state index in [2.05, 4.69) is 10.1 Å². The van der Waals surface area contributed by atoms with Crippen molar-refractivity contribution in [2.45, 2.75) is 51.7 Å². The van der Waals surface area contributed by atoms with Crippen LogP contribution in [0.2, 0.25) is 0 Å². The number of nitrogens with zero attached hydrogens (tertiary/aromatic N) is 1. The molecule has 0 aromatic heterocycles.